The van der Waals surface area contributed by atoms with E-state index in [2.05, 4.69) is 37.6 Å². The fourth-order valence-corrected chi connectivity index (χ4v) is 3.93. The van der Waals surface area contributed by atoms with E-state index in [9.17, 15) is 9.18 Å². The van der Waals surface area contributed by atoms with Crippen LogP contribution in [0.3, 0.4) is 0 Å². The number of thiazole rings is 1. The van der Waals surface area contributed by atoms with E-state index in [1.807, 2.05) is 4.57 Å². The summed E-state index contributed by atoms with van der Waals surface area (Å²) in [5.41, 5.74) is 4.16. The fourth-order valence-electron chi connectivity index (χ4n) is 2.83. The van der Waals surface area contributed by atoms with Crippen LogP contribution in [-0.2, 0) is 17.8 Å². The van der Waals surface area contributed by atoms with Crippen molar-refractivity contribution in [3.05, 3.63) is 76.4 Å². The number of aryl methyl sites for hydroxylation is 2. The number of carbonyl (C=O) groups is 1. The Kier molecular flexibility index (Phi) is 4.95. The van der Waals surface area contributed by atoms with E-state index in [0.717, 1.165) is 15.8 Å². The van der Waals surface area contributed by atoms with E-state index < -0.39 is 0 Å². The van der Waals surface area contributed by atoms with Crippen molar-refractivity contribution in [2.24, 2.45) is 4.99 Å². The molecule has 1 heterocycles. The Morgan fingerprint density at radius 1 is 1.28 bits per heavy atom. The number of carbonyl (C=O) groups excluding carboxylic acids is 1. The third-order valence-electron chi connectivity index (χ3n) is 3.92. The molecule has 3 rings (SSSR count). The van der Waals surface area contributed by atoms with Gasteiger partial charge in [0.2, 0.25) is 0 Å². The molecule has 0 saturated carbocycles. The number of amides is 1. The zero-order valence-corrected chi connectivity index (χ0v) is 15.1. The lowest BCUT2D eigenvalue weighted by atomic mass is 10.1. The minimum absolute atomic E-state index is 0.153. The van der Waals surface area contributed by atoms with Gasteiger partial charge in [0.1, 0.15) is 5.82 Å². The van der Waals surface area contributed by atoms with Crippen LogP contribution in [0, 0.1) is 19.7 Å². The molecule has 128 valence electrons. The molecule has 1 aromatic heterocycles. The monoisotopic (exact) mass is 354 g/mol. The molecule has 0 spiro atoms. The van der Waals surface area contributed by atoms with Crippen LogP contribution in [0.5, 0.6) is 0 Å². The highest BCUT2D eigenvalue weighted by Gasteiger charge is 2.10. The maximum Gasteiger partial charge on any atom is 0.252 e. The highest BCUT2D eigenvalue weighted by molar-refractivity contribution is 7.16. The Hall–Kier alpha value is -2.53. The van der Waals surface area contributed by atoms with E-state index in [4.69, 9.17) is 0 Å². The lowest BCUT2D eigenvalue weighted by Crippen LogP contribution is -2.17. The molecule has 0 aliphatic carbocycles. The quantitative estimate of drug-likeness (QED) is 0.643. The highest BCUT2D eigenvalue weighted by Crippen LogP contribution is 2.23. The summed E-state index contributed by atoms with van der Waals surface area (Å²) in [4.78, 5) is 17.3. The first kappa shape index (κ1) is 17.3. The number of halogens is 1. The van der Waals surface area contributed by atoms with Gasteiger partial charge in [-0.05, 0) is 48.7 Å². The van der Waals surface area contributed by atoms with Crippen LogP contribution in [0.1, 0.15) is 16.7 Å². The first-order valence-electron chi connectivity index (χ1n) is 8.01. The molecule has 0 bridgehead atoms. The van der Waals surface area contributed by atoms with Gasteiger partial charge < -0.3 is 4.57 Å². The molecule has 0 unspecified atom stereocenters. The number of benzene rings is 2. The second kappa shape index (κ2) is 7.15. The van der Waals surface area contributed by atoms with Crippen molar-refractivity contribution in [2.45, 2.75) is 26.8 Å². The van der Waals surface area contributed by atoms with Crippen LogP contribution in [0.4, 0.5) is 4.39 Å². The zero-order valence-electron chi connectivity index (χ0n) is 14.3. The van der Waals surface area contributed by atoms with Crippen molar-refractivity contribution in [1.82, 2.24) is 4.57 Å². The zero-order chi connectivity index (χ0) is 18.0. The largest absolute Gasteiger partial charge is 0.312 e. The predicted octanol–water partition coefficient (Wildman–Crippen LogP) is 4.31. The molecule has 3 aromatic rings. The minimum atomic E-state index is -0.313. The van der Waals surface area contributed by atoms with E-state index in [1.54, 1.807) is 18.2 Å². The van der Waals surface area contributed by atoms with Gasteiger partial charge in [-0.15, -0.1) is 6.58 Å². The van der Waals surface area contributed by atoms with E-state index >= 15 is 0 Å². The lowest BCUT2D eigenvalue weighted by Gasteiger charge is -2.03. The summed E-state index contributed by atoms with van der Waals surface area (Å²) in [6.45, 7) is 8.51. The van der Waals surface area contributed by atoms with Gasteiger partial charge in [0, 0.05) is 6.54 Å². The number of aromatic nitrogens is 1. The topological polar surface area (TPSA) is 34.4 Å². The first-order chi connectivity index (χ1) is 12.0. The van der Waals surface area contributed by atoms with Crippen LogP contribution in [0.25, 0.3) is 10.2 Å². The highest BCUT2D eigenvalue weighted by atomic mass is 32.1. The van der Waals surface area contributed by atoms with Crippen molar-refractivity contribution in [3.8, 4) is 0 Å². The second-order valence-corrected chi connectivity index (χ2v) is 7.00. The molecule has 0 saturated heterocycles. The molecule has 0 N–H and O–H groups in total. The van der Waals surface area contributed by atoms with Crippen molar-refractivity contribution in [2.75, 3.05) is 0 Å². The average molecular weight is 354 g/mol. The Morgan fingerprint density at radius 3 is 2.68 bits per heavy atom. The molecule has 0 atom stereocenters. The molecule has 0 fully saturated rings. The van der Waals surface area contributed by atoms with Crippen LogP contribution in [0.15, 0.2) is 54.0 Å². The lowest BCUT2D eigenvalue weighted by molar-refractivity contribution is -0.117. The van der Waals surface area contributed by atoms with Gasteiger partial charge in [-0.1, -0.05) is 35.6 Å². The van der Waals surface area contributed by atoms with Gasteiger partial charge in [0.05, 0.1) is 16.6 Å². The van der Waals surface area contributed by atoms with Gasteiger partial charge in [0.15, 0.2) is 4.80 Å². The van der Waals surface area contributed by atoms with Crippen LogP contribution in [0.2, 0.25) is 0 Å². The van der Waals surface area contributed by atoms with Gasteiger partial charge >= 0.3 is 0 Å². The summed E-state index contributed by atoms with van der Waals surface area (Å²) >= 11 is 1.51. The fraction of sp³-hybridized carbons (Fsp3) is 0.200. The normalized spacial score (nSPS) is 11.9. The van der Waals surface area contributed by atoms with Crippen LogP contribution < -0.4 is 4.80 Å². The molecular formula is C20H19FN2OS. The molecule has 2 aromatic carbocycles. The summed E-state index contributed by atoms with van der Waals surface area (Å²) in [5, 5.41) is 0. The second-order valence-electron chi connectivity index (χ2n) is 6.02. The van der Waals surface area contributed by atoms with Crippen molar-refractivity contribution >= 4 is 27.5 Å². The van der Waals surface area contributed by atoms with E-state index in [1.165, 1.54) is 34.6 Å². The summed E-state index contributed by atoms with van der Waals surface area (Å²) < 4.78 is 16.1. The Balaban J connectivity index is 2.04. The van der Waals surface area contributed by atoms with Gasteiger partial charge in [-0.2, -0.15) is 4.99 Å². The standard InChI is InChI=1S/C20H19FN2OS/c1-4-9-23-17-11-13(2)10-14(3)19(17)25-20(23)22-18(24)12-15-5-7-16(21)8-6-15/h4-8,10-11H,1,9,12H2,2-3H3. The summed E-state index contributed by atoms with van der Waals surface area (Å²) in [6.07, 6.45) is 1.95. The smallest absolute Gasteiger partial charge is 0.252 e. The number of hydrogen-bond acceptors (Lipinski definition) is 2. The first-order valence-corrected chi connectivity index (χ1v) is 8.83. The van der Waals surface area contributed by atoms with Crippen molar-refractivity contribution in [1.29, 1.82) is 0 Å². The number of rotatable bonds is 4. The number of nitrogens with zero attached hydrogens (tertiary/aromatic N) is 2. The molecule has 5 heteroatoms. The summed E-state index contributed by atoms with van der Waals surface area (Å²) in [7, 11) is 0. The van der Waals surface area contributed by atoms with Crippen LogP contribution >= 0.6 is 11.3 Å². The molecule has 25 heavy (non-hydrogen) atoms. The number of allylic oxidation sites excluding steroid dienone is 1. The average Bonchev–Trinajstić information content (AvgIpc) is 2.88. The van der Waals surface area contributed by atoms with Crippen LogP contribution in [-0.4, -0.2) is 10.5 Å². The molecule has 1 amide bonds. The van der Waals surface area contributed by atoms with Gasteiger partial charge in [-0.3, -0.25) is 4.79 Å². The van der Waals surface area contributed by atoms with E-state index in [-0.39, 0.29) is 18.1 Å². The predicted molar refractivity (Wildman–Crippen MR) is 100 cm³/mol. The Labute approximate surface area is 149 Å². The minimum Gasteiger partial charge on any atom is -0.312 e. The van der Waals surface area contributed by atoms with Gasteiger partial charge in [-0.25, -0.2) is 4.39 Å². The molecular weight excluding hydrogens is 335 g/mol. The van der Waals surface area contributed by atoms with Gasteiger partial charge in [0.25, 0.3) is 5.91 Å². The summed E-state index contributed by atoms with van der Waals surface area (Å²) in [6, 6.07) is 10.2. The Bertz CT molecular complexity index is 1010. The molecule has 0 radical (unpaired) electrons. The van der Waals surface area contributed by atoms with Crippen molar-refractivity contribution < 1.29 is 9.18 Å². The Morgan fingerprint density at radius 2 is 2.00 bits per heavy atom. The number of hydrogen-bond donors (Lipinski definition) is 0. The maximum atomic E-state index is 13.0. The SMILES string of the molecule is C=CCn1c(=NC(=O)Cc2ccc(F)cc2)sc2c(C)cc(C)cc21. The molecule has 3 nitrogen and oxygen atoms in total. The maximum absolute atomic E-state index is 13.0. The summed E-state index contributed by atoms with van der Waals surface area (Å²) in [5.74, 6) is -0.558. The molecule has 0 aliphatic rings. The van der Waals surface area contributed by atoms with E-state index in [0.29, 0.717) is 11.3 Å². The van der Waals surface area contributed by atoms with Crippen molar-refractivity contribution in [3.63, 3.8) is 0 Å². The third kappa shape index (κ3) is 3.77. The molecule has 0 aliphatic heterocycles. The third-order valence-corrected chi connectivity index (χ3v) is 5.14. The number of fused-ring (bicyclic) bond motifs is 1.